The second kappa shape index (κ2) is 6.59. The van der Waals surface area contributed by atoms with E-state index in [1.807, 2.05) is 10.9 Å². The number of nitrogens with zero attached hydrogens (tertiary/aromatic N) is 3. The Morgan fingerprint density at radius 3 is 2.74 bits per heavy atom. The first-order chi connectivity index (χ1) is 11.0. The van der Waals surface area contributed by atoms with Crippen molar-refractivity contribution in [2.45, 2.75) is 71.5 Å². The fourth-order valence-corrected chi connectivity index (χ4v) is 4.15. The van der Waals surface area contributed by atoms with Gasteiger partial charge in [0.25, 0.3) is 0 Å². The number of nitrogens with one attached hydrogen (secondary N) is 1. The van der Waals surface area contributed by atoms with Crippen LogP contribution in [0.2, 0.25) is 0 Å². The molecule has 2 N–H and O–H groups in total. The van der Waals surface area contributed by atoms with Crippen LogP contribution in [0, 0.1) is 17.3 Å². The summed E-state index contributed by atoms with van der Waals surface area (Å²) >= 11 is 0. The van der Waals surface area contributed by atoms with Crippen molar-refractivity contribution in [1.29, 1.82) is 0 Å². The van der Waals surface area contributed by atoms with Gasteiger partial charge in [-0.15, -0.1) is 5.10 Å². The van der Waals surface area contributed by atoms with Gasteiger partial charge in [0.1, 0.15) is 0 Å². The van der Waals surface area contributed by atoms with Crippen molar-refractivity contribution in [3.05, 3.63) is 11.9 Å². The molecule has 0 radical (unpaired) electrons. The van der Waals surface area contributed by atoms with E-state index in [4.69, 9.17) is 5.11 Å². The van der Waals surface area contributed by atoms with Crippen molar-refractivity contribution in [2.24, 2.45) is 17.3 Å². The van der Waals surface area contributed by atoms with Gasteiger partial charge in [0.2, 0.25) is 0 Å². The Morgan fingerprint density at radius 1 is 1.43 bits per heavy atom. The van der Waals surface area contributed by atoms with Gasteiger partial charge in [-0.05, 0) is 49.9 Å². The van der Waals surface area contributed by atoms with E-state index in [0.29, 0.717) is 17.4 Å². The SMILES string of the molecule is CC(C)Cn1cc(CNC2CC3(CCC(C(=O)O)CC3)C2)nn1. The molecule has 0 saturated heterocycles. The van der Waals surface area contributed by atoms with Crippen molar-refractivity contribution < 1.29 is 9.90 Å². The van der Waals surface area contributed by atoms with E-state index in [-0.39, 0.29) is 5.92 Å². The van der Waals surface area contributed by atoms with Gasteiger partial charge in [-0.3, -0.25) is 9.48 Å². The third-order valence-corrected chi connectivity index (χ3v) is 5.46. The van der Waals surface area contributed by atoms with Gasteiger partial charge in [-0.1, -0.05) is 19.1 Å². The van der Waals surface area contributed by atoms with E-state index >= 15 is 0 Å². The van der Waals surface area contributed by atoms with Crippen molar-refractivity contribution in [3.8, 4) is 0 Å². The molecule has 2 fully saturated rings. The summed E-state index contributed by atoms with van der Waals surface area (Å²) in [6.07, 6.45) is 8.25. The molecule has 2 saturated carbocycles. The zero-order valence-corrected chi connectivity index (χ0v) is 14.2. The van der Waals surface area contributed by atoms with Crippen molar-refractivity contribution in [1.82, 2.24) is 20.3 Å². The molecule has 6 nitrogen and oxygen atoms in total. The van der Waals surface area contributed by atoms with Crippen molar-refractivity contribution >= 4 is 5.97 Å². The summed E-state index contributed by atoms with van der Waals surface area (Å²) in [6, 6.07) is 0.548. The normalized spacial score (nSPS) is 30.6. The number of carboxylic acid groups (broad SMARTS) is 1. The number of aliphatic carboxylic acids is 1. The van der Waals surface area contributed by atoms with Crippen LogP contribution in [0.3, 0.4) is 0 Å². The van der Waals surface area contributed by atoms with Crippen molar-refractivity contribution in [3.63, 3.8) is 0 Å². The maximum Gasteiger partial charge on any atom is 0.306 e. The highest BCUT2D eigenvalue weighted by Crippen LogP contribution is 2.52. The first kappa shape index (κ1) is 16.4. The van der Waals surface area contributed by atoms with Crippen LogP contribution >= 0.6 is 0 Å². The second-order valence-electron chi connectivity index (χ2n) is 7.92. The molecule has 0 aromatic carbocycles. The topological polar surface area (TPSA) is 80.0 Å². The third kappa shape index (κ3) is 3.91. The zero-order chi connectivity index (χ0) is 16.4. The summed E-state index contributed by atoms with van der Waals surface area (Å²) in [7, 11) is 0. The Bertz CT molecular complexity index is 539. The van der Waals surface area contributed by atoms with E-state index in [1.165, 1.54) is 12.8 Å². The molecule has 1 spiro atoms. The summed E-state index contributed by atoms with van der Waals surface area (Å²) in [5, 5.41) is 21.0. The molecule has 0 atom stereocenters. The fourth-order valence-electron chi connectivity index (χ4n) is 4.15. The summed E-state index contributed by atoms with van der Waals surface area (Å²) < 4.78 is 1.91. The van der Waals surface area contributed by atoms with Crippen LogP contribution in [-0.4, -0.2) is 32.1 Å². The number of carbonyl (C=O) groups is 1. The summed E-state index contributed by atoms with van der Waals surface area (Å²) in [6.45, 7) is 6.03. The lowest BCUT2D eigenvalue weighted by Crippen LogP contribution is -2.50. The first-order valence-electron chi connectivity index (χ1n) is 8.81. The van der Waals surface area contributed by atoms with Crippen LogP contribution in [-0.2, 0) is 17.9 Å². The largest absolute Gasteiger partial charge is 0.481 e. The number of aromatic nitrogens is 3. The molecule has 0 bridgehead atoms. The molecule has 2 aliphatic rings. The highest BCUT2D eigenvalue weighted by Gasteiger charge is 2.46. The summed E-state index contributed by atoms with van der Waals surface area (Å²) in [5.41, 5.74) is 1.42. The molecule has 0 unspecified atom stereocenters. The van der Waals surface area contributed by atoms with Crippen molar-refractivity contribution in [2.75, 3.05) is 0 Å². The van der Waals surface area contributed by atoms with Crippen LogP contribution in [0.5, 0.6) is 0 Å². The van der Waals surface area contributed by atoms with Crippen LogP contribution in [0.1, 0.15) is 58.1 Å². The maximum absolute atomic E-state index is 11.0. The van der Waals surface area contributed by atoms with Gasteiger partial charge in [-0.25, -0.2) is 0 Å². The van der Waals surface area contributed by atoms with Gasteiger partial charge >= 0.3 is 5.97 Å². The Balaban J connectivity index is 1.39. The van der Waals surface area contributed by atoms with E-state index in [0.717, 1.165) is 44.5 Å². The van der Waals surface area contributed by atoms with Gasteiger partial charge < -0.3 is 10.4 Å². The molecule has 0 amide bonds. The zero-order valence-electron chi connectivity index (χ0n) is 14.2. The monoisotopic (exact) mass is 320 g/mol. The summed E-state index contributed by atoms with van der Waals surface area (Å²) in [4.78, 5) is 11.0. The van der Waals surface area contributed by atoms with E-state index in [1.54, 1.807) is 0 Å². The van der Waals surface area contributed by atoms with Gasteiger partial charge in [0.05, 0.1) is 11.6 Å². The predicted molar refractivity (Wildman–Crippen MR) is 86.7 cm³/mol. The average molecular weight is 320 g/mol. The molecule has 128 valence electrons. The standard InChI is InChI=1S/C17H28N4O2/c1-12(2)10-21-11-15(19-20-21)9-18-14-7-17(8-14)5-3-13(4-6-17)16(22)23/h11-14,18H,3-10H2,1-2H3,(H,22,23). The highest BCUT2D eigenvalue weighted by atomic mass is 16.4. The van der Waals surface area contributed by atoms with Crippen LogP contribution in [0.25, 0.3) is 0 Å². The average Bonchev–Trinajstić information content (AvgIpc) is 2.90. The minimum Gasteiger partial charge on any atom is -0.481 e. The Labute approximate surface area is 137 Å². The first-order valence-corrected chi connectivity index (χ1v) is 8.81. The van der Waals surface area contributed by atoms with E-state index in [9.17, 15) is 4.79 Å². The molecule has 2 aliphatic carbocycles. The molecule has 23 heavy (non-hydrogen) atoms. The quantitative estimate of drug-likeness (QED) is 0.841. The number of rotatable bonds is 6. The molecule has 1 aromatic heterocycles. The minimum atomic E-state index is -0.613. The lowest BCUT2D eigenvalue weighted by atomic mass is 9.57. The number of hydrogen-bond acceptors (Lipinski definition) is 4. The van der Waals surface area contributed by atoms with Gasteiger partial charge in [0.15, 0.2) is 0 Å². The highest BCUT2D eigenvalue weighted by molar-refractivity contribution is 5.70. The molecule has 1 heterocycles. The molecule has 6 heteroatoms. The predicted octanol–water partition coefficient (Wildman–Crippen LogP) is 2.45. The Hall–Kier alpha value is -1.43. The molecular formula is C17H28N4O2. The van der Waals surface area contributed by atoms with E-state index < -0.39 is 5.97 Å². The van der Waals surface area contributed by atoms with Crippen LogP contribution in [0.15, 0.2) is 6.20 Å². The second-order valence-corrected chi connectivity index (χ2v) is 7.92. The van der Waals surface area contributed by atoms with Gasteiger partial charge in [0, 0.05) is 25.3 Å². The Morgan fingerprint density at radius 2 is 2.13 bits per heavy atom. The van der Waals surface area contributed by atoms with E-state index in [2.05, 4.69) is 29.5 Å². The smallest absolute Gasteiger partial charge is 0.306 e. The molecule has 3 rings (SSSR count). The minimum absolute atomic E-state index is 0.108. The molecule has 0 aliphatic heterocycles. The lowest BCUT2D eigenvalue weighted by molar-refractivity contribution is -0.144. The number of carboxylic acids is 1. The fraction of sp³-hybridized carbons (Fsp3) is 0.824. The maximum atomic E-state index is 11.0. The van der Waals surface area contributed by atoms with Crippen LogP contribution < -0.4 is 5.32 Å². The lowest BCUT2D eigenvalue weighted by Gasteiger charge is -2.51. The third-order valence-electron chi connectivity index (χ3n) is 5.46. The molecule has 1 aromatic rings. The molecular weight excluding hydrogens is 292 g/mol. The Kier molecular flexibility index (Phi) is 4.71. The van der Waals surface area contributed by atoms with Gasteiger partial charge in [-0.2, -0.15) is 0 Å². The van der Waals surface area contributed by atoms with Crippen LogP contribution in [0.4, 0.5) is 0 Å². The number of hydrogen-bond donors (Lipinski definition) is 2. The summed E-state index contributed by atoms with van der Waals surface area (Å²) in [5.74, 6) is -0.146.